The molecule has 0 radical (unpaired) electrons. The maximum absolute atomic E-state index is 15.3. The molecule has 5 rings (SSSR count). The molecule has 2 fully saturated rings. The summed E-state index contributed by atoms with van der Waals surface area (Å²) >= 11 is 0. The first-order valence-corrected chi connectivity index (χ1v) is 14.1. The number of anilines is 2. The first-order chi connectivity index (χ1) is 19.9. The van der Waals surface area contributed by atoms with Crippen LogP contribution in [0.5, 0.6) is 6.01 Å². The summed E-state index contributed by atoms with van der Waals surface area (Å²) in [4.78, 5) is 27.5. The van der Waals surface area contributed by atoms with Crippen molar-refractivity contribution < 1.29 is 31.8 Å². The molecule has 0 spiro atoms. The van der Waals surface area contributed by atoms with Crippen molar-refractivity contribution in [1.29, 1.82) is 0 Å². The number of likely N-dealkylation sites (N-methyl/N-ethyl adjacent to an activating group) is 1. The zero-order valence-electron chi connectivity index (χ0n) is 24.0. The number of nitrogens with two attached hydrogens (primary N) is 1. The summed E-state index contributed by atoms with van der Waals surface area (Å²) in [5.41, 5.74) is 4.52. The average Bonchev–Trinajstić information content (AvgIpc) is 3.36. The minimum atomic E-state index is -4.81. The topological polar surface area (TPSA) is 97.0 Å². The summed E-state index contributed by atoms with van der Waals surface area (Å²) in [6, 6.07) is 1.14. The third kappa shape index (κ3) is 5.76. The van der Waals surface area contributed by atoms with Gasteiger partial charge >= 0.3 is 12.2 Å². The number of aromatic nitrogens is 2. The molecule has 13 heteroatoms. The minimum Gasteiger partial charge on any atom is -0.462 e. The fourth-order valence-electron chi connectivity index (χ4n) is 6.20. The van der Waals surface area contributed by atoms with Gasteiger partial charge in [0.05, 0.1) is 29.7 Å². The number of halogens is 4. The molecule has 0 aliphatic carbocycles. The molecule has 2 aromatic rings. The van der Waals surface area contributed by atoms with Crippen LogP contribution in [0.3, 0.4) is 0 Å². The van der Waals surface area contributed by atoms with E-state index in [0.717, 1.165) is 25.5 Å². The number of ether oxygens (including phenoxy) is 2. The van der Waals surface area contributed by atoms with E-state index >= 15 is 4.39 Å². The molecule has 42 heavy (non-hydrogen) atoms. The lowest BCUT2D eigenvalue weighted by Crippen LogP contribution is -2.54. The summed E-state index contributed by atoms with van der Waals surface area (Å²) in [5.74, 6) is -0.776. The molecule has 3 aliphatic heterocycles. The third-order valence-corrected chi connectivity index (χ3v) is 8.45. The van der Waals surface area contributed by atoms with Crippen LogP contribution in [0.25, 0.3) is 0 Å². The van der Waals surface area contributed by atoms with E-state index in [4.69, 9.17) is 20.2 Å². The molecular weight excluding hydrogens is 556 g/mol. The summed E-state index contributed by atoms with van der Waals surface area (Å²) in [6.45, 7) is 9.28. The lowest BCUT2D eigenvalue weighted by molar-refractivity contribution is -0.140. The molecule has 1 aromatic heterocycles. The predicted octanol–water partition coefficient (Wildman–Crippen LogP) is 4.04. The van der Waals surface area contributed by atoms with E-state index in [1.165, 1.54) is 13.0 Å². The molecule has 1 amide bonds. The summed E-state index contributed by atoms with van der Waals surface area (Å²) in [5, 5.41) is 0. The molecule has 9 nitrogen and oxygen atoms in total. The number of fused-ring (bicyclic) bond motifs is 1. The van der Waals surface area contributed by atoms with Gasteiger partial charge in [-0.1, -0.05) is 6.58 Å². The van der Waals surface area contributed by atoms with Gasteiger partial charge in [0.25, 0.3) is 0 Å². The number of benzene rings is 1. The smallest absolute Gasteiger partial charge is 0.417 e. The number of carbonyl (C=O) groups is 1. The number of alkyl halides is 3. The second kappa shape index (κ2) is 11.7. The van der Waals surface area contributed by atoms with Gasteiger partial charge < -0.3 is 29.9 Å². The fraction of sp³-hybridized carbons (Fsp3) is 0.552. The maximum Gasteiger partial charge on any atom is 0.417 e. The highest BCUT2D eigenvalue weighted by Crippen LogP contribution is 2.44. The molecule has 4 heterocycles. The quantitative estimate of drug-likeness (QED) is 0.305. The second-order valence-corrected chi connectivity index (χ2v) is 11.3. The van der Waals surface area contributed by atoms with Crippen LogP contribution >= 0.6 is 0 Å². The Kier molecular flexibility index (Phi) is 8.35. The molecule has 0 bridgehead atoms. The van der Waals surface area contributed by atoms with Crippen molar-refractivity contribution >= 4 is 17.4 Å². The van der Waals surface area contributed by atoms with Crippen LogP contribution in [0.4, 0.5) is 29.1 Å². The highest BCUT2D eigenvalue weighted by molar-refractivity contribution is 5.87. The third-order valence-electron chi connectivity index (χ3n) is 8.45. The maximum atomic E-state index is 15.3. The lowest BCUT2D eigenvalue weighted by atomic mass is 9.91. The van der Waals surface area contributed by atoms with Crippen molar-refractivity contribution in [2.75, 3.05) is 50.5 Å². The van der Waals surface area contributed by atoms with E-state index in [1.54, 1.807) is 4.90 Å². The largest absolute Gasteiger partial charge is 0.462 e. The van der Waals surface area contributed by atoms with Gasteiger partial charge in [0.1, 0.15) is 12.4 Å². The normalized spacial score (nSPS) is 23.2. The Balaban J connectivity index is 1.52. The standard InChI is InChI=1S/C29H36F4N6O3/c1-5-23(40)38-9-10-39(17(3)13-38)27-19-15-41-22(24-25(29(31,32)33)16(2)11-20(34)26(24)30)12-21(19)35-28(36-27)42-14-18-7-6-8-37(18)4/h5,11,17-18,22H,1,6-10,12-15,34H2,2-4H3. The van der Waals surface area contributed by atoms with Gasteiger partial charge in [-0.25, -0.2) is 4.39 Å². The molecular formula is C29H36F4N6O3. The number of piperazine rings is 1. The summed E-state index contributed by atoms with van der Waals surface area (Å²) in [7, 11) is 2.02. The predicted molar refractivity (Wildman–Crippen MR) is 149 cm³/mol. The Bertz CT molecular complexity index is 1370. The van der Waals surface area contributed by atoms with E-state index in [0.29, 0.717) is 43.3 Å². The van der Waals surface area contributed by atoms with Crippen LogP contribution in [0.1, 0.15) is 53.8 Å². The highest BCUT2D eigenvalue weighted by Gasteiger charge is 2.42. The monoisotopic (exact) mass is 592 g/mol. The number of amides is 1. The molecule has 3 aliphatic rings. The molecule has 2 saturated heterocycles. The fourth-order valence-corrected chi connectivity index (χ4v) is 6.20. The van der Waals surface area contributed by atoms with Crippen LogP contribution in [-0.4, -0.2) is 77.6 Å². The average molecular weight is 593 g/mol. The number of nitrogen functional groups attached to an aromatic ring is 1. The van der Waals surface area contributed by atoms with Crippen LogP contribution in [0.2, 0.25) is 0 Å². The van der Waals surface area contributed by atoms with Crippen LogP contribution < -0.4 is 15.4 Å². The van der Waals surface area contributed by atoms with Gasteiger partial charge in [-0.15, -0.1) is 0 Å². The number of likely N-dealkylation sites (tertiary alicyclic amines) is 1. The molecule has 1 aromatic carbocycles. The number of hydrogen-bond donors (Lipinski definition) is 1. The second-order valence-electron chi connectivity index (χ2n) is 11.3. The van der Waals surface area contributed by atoms with Gasteiger partial charge in [-0.2, -0.15) is 23.1 Å². The van der Waals surface area contributed by atoms with E-state index < -0.39 is 29.2 Å². The van der Waals surface area contributed by atoms with Gasteiger partial charge in [0.2, 0.25) is 5.91 Å². The number of carbonyl (C=O) groups excluding carboxylic acids is 1. The first-order valence-electron chi connectivity index (χ1n) is 14.1. The zero-order valence-corrected chi connectivity index (χ0v) is 24.0. The lowest BCUT2D eigenvalue weighted by Gasteiger charge is -2.41. The SMILES string of the molecule is C=CC(=O)N1CCN(c2nc(OCC3CCCN3C)nc3c2COC(c2c(F)c(N)cc(C)c2C(F)(F)F)C3)C(C)C1. The van der Waals surface area contributed by atoms with Gasteiger partial charge in [0, 0.05) is 49.3 Å². The zero-order chi connectivity index (χ0) is 30.3. The van der Waals surface area contributed by atoms with Gasteiger partial charge in [0.15, 0.2) is 5.82 Å². The van der Waals surface area contributed by atoms with Crippen molar-refractivity contribution in [3.8, 4) is 6.01 Å². The Labute approximate surface area is 242 Å². The molecule has 3 unspecified atom stereocenters. The van der Waals surface area contributed by atoms with E-state index in [9.17, 15) is 18.0 Å². The van der Waals surface area contributed by atoms with E-state index in [1.807, 2.05) is 18.9 Å². The molecule has 3 atom stereocenters. The Hall–Kier alpha value is -3.45. The minimum absolute atomic E-state index is 0.0989. The summed E-state index contributed by atoms with van der Waals surface area (Å²) < 4.78 is 69.7. The van der Waals surface area contributed by atoms with Crippen LogP contribution in [-0.2, 0) is 28.7 Å². The van der Waals surface area contributed by atoms with Crippen molar-refractivity contribution in [2.24, 2.45) is 0 Å². The van der Waals surface area contributed by atoms with Crippen LogP contribution in [0.15, 0.2) is 18.7 Å². The Morgan fingerprint density at radius 3 is 2.69 bits per heavy atom. The van der Waals surface area contributed by atoms with Crippen molar-refractivity contribution in [3.05, 3.63) is 52.5 Å². The van der Waals surface area contributed by atoms with Crippen LogP contribution in [0, 0.1) is 12.7 Å². The highest BCUT2D eigenvalue weighted by atomic mass is 19.4. The number of aryl methyl sites for hydroxylation is 1. The molecule has 228 valence electrons. The number of hydrogen-bond acceptors (Lipinski definition) is 8. The van der Waals surface area contributed by atoms with E-state index in [2.05, 4.69) is 16.5 Å². The van der Waals surface area contributed by atoms with Gasteiger partial charge in [-0.05, 0) is 58.0 Å². The van der Waals surface area contributed by atoms with Crippen molar-refractivity contribution in [1.82, 2.24) is 19.8 Å². The van der Waals surface area contributed by atoms with Crippen molar-refractivity contribution in [2.45, 2.75) is 64.1 Å². The Morgan fingerprint density at radius 1 is 1.29 bits per heavy atom. The molecule has 0 saturated carbocycles. The number of rotatable bonds is 6. The van der Waals surface area contributed by atoms with E-state index in [-0.39, 0.29) is 48.3 Å². The summed E-state index contributed by atoms with van der Waals surface area (Å²) in [6.07, 6.45) is -2.91. The van der Waals surface area contributed by atoms with Crippen molar-refractivity contribution in [3.63, 3.8) is 0 Å². The molecule has 2 N–H and O–H groups in total. The number of nitrogens with zero attached hydrogens (tertiary/aromatic N) is 5. The first kappa shape index (κ1) is 30.0. The Morgan fingerprint density at radius 2 is 2.05 bits per heavy atom. The van der Waals surface area contributed by atoms with Gasteiger partial charge in [-0.3, -0.25) is 4.79 Å².